The zero-order valence-corrected chi connectivity index (χ0v) is 15.5. The number of nitrogens with one attached hydrogen (secondary N) is 1. The third-order valence-corrected chi connectivity index (χ3v) is 4.65. The number of hydrogen-bond donors (Lipinski definition) is 1. The molecule has 1 amide bonds. The monoisotopic (exact) mass is 355 g/mol. The molecular formula is C21H26FN3O. The molecule has 138 valence electrons. The lowest BCUT2D eigenvalue weighted by Crippen LogP contribution is -2.48. The zero-order chi connectivity index (χ0) is 18.5. The highest BCUT2D eigenvalue weighted by Crippen LogP contribution is 2.13. The number of rotatable bonds is 5. The van der Waals surface area contributed by atoms with Gasteiger partial charge >= 0.3 is 0 Å². The fraction of sp³-hybridized carbons (Fsp3) is 0.381. The molecule has 0 aliphatic carbocycles. The number of benzene rings is 2. The fourth-order valence-electron chi connectivity index (χ4n) is 3.46. The molecule has 2 aromatic carbocycles. The van der Waals surface area contributed by atoms with E-state index in [1.165, 1.54) is 28.8 Å². The lowest BCUT2D eigenvalue weighted by Gasteiger charge is -2.34. The Kier molecular flexibility index (Phi) is 6.01. The van der Waals surface area contributed by atoms with E-state index in [2.05, 4.69) is 47.2 Å². The highest BCUT2D eigenvalue weighted by molar-refractivity contribution is 5.92. The summed E-state index contributed by atoms with van der Waals surface area (Å²) in [6.07, 6.45) is 0. The van der Waals surface area contributed by atoms with Gasteiger partial charge in [0.1, 0.15) is 5.82 Å². The Morgan fingerprint density at radius 2 is 1.54 bits per heavy atom. The first-order valence-electron chi connectivity index (χ1n) is 9.05. The lowest BCUT2D eigenvalue weighted by atomic mass is 10.1. The summed E-state index contributed by atoms with van der Waals surface area (Å²) < 4.78 is 12.9. The summed E-state index contributed by atoms with van der Waals surface area (Å²) >= 11 is 0. The number of aryl methyl sites for hydroxylation is 2. The number of hydrogen-bond acceptors (Lipinski definition) is 3. The van der Waals surface area contributed by atoms with Gasteiger partial charge in [-0.15, -0.1) is 0 Å². The van der Waals surface area contributed by atoms with Gasteiger partial charge in [-0.3, -0.25) is 14.6 Å². The summed E-state index contributed by atoms with van der Waals surface area (Å²) in [6, 6.07) is 12.5. The minimum Gasteiger partial charge on any atom is -0.325 e. The molecule has 3 rings (SSSR count). The van der Waals surface area contributed by atoms with Crippen molar-refractivity contribution in [3.8, 4) is 0 Å². The van der Waals surface area contributed by atoms with Gasteiger partial charge in [0.2, 0.25) is 5.91 Å². The maximum absolute atomic E-state index is 12.9. The average Bonchev–Trinajstić information content (AvgIpc) is 2.58. The van der Waals surface area contributed by atoms with Crippen LogP contribution in [0.15, 0.2) is 42.5 Å². The molecule has 0 spiro atoms. The minimum atomic E-state index is -0.303. The van der Waals surface area contributed by atoms with E-state index in [4.69, 9.17) is 0 Å². The van der Waals surface area contributed by atoms with Crippen LogP contribution < -0.4 is 5.32 Å². The van der Waals surface area contributed by atoms with Crippen LogP contribution in [0, 0.1) is 19.7 Å². The van der Waals surface area contributed by atoms with Crippen LogP contribution >= 0.6 is 0 Å². The summed E-state index contributed by atoms with van der Waals surface area (Å²) in [5.74, 6) is -0.359. The van der Waals surface area contributed by atoms with Crippen LogP contribution in [0.4, 0.5) is 10.1 Å². The maximum Gasteiger partial charge on any atom is 0.238 e. The molecule has 0 aromatic heterocycles. The first kappa shape index (κ1) is 18.5. The minimum absolute atomic E-state index is 0.0561. The second kappa shape index (κ2) is 8.43. The van der Waals surface area contributed by atoms with Gasteiger partial charge in [0.15, 0.2) is 0 Å². The van der Waals surface area contributed by atoms with Gasteiger partial charge in [0, 0.05) is 38.4 Å². The molecule has 5 heteroatoms. The molecule has 26 heavy (non-hydrogen) atoms. The second-order valence-corrected chi connectivity index (χ2v) is 7.10. The van der Waals surface area contributed by atoms with E-state index in [-0.39, 0.29) is 11.7 Å². The topological polar surface area (TPSA) is 35.6 Å². The number of anilines is 1. The molecule has 1 aliphatic rings. The van der Waals surface area contributed by atoms with Crippen LogP contribution in [0.2, 0.25) is 0 Å². The van der Waals surface area contributed by atoms with Gasteiger partial charge in [0.25, 0.3) is 0 Å². The molecule has 1 fully saturated rings. The Labute approximate surface area is 154 Å². The summed E-state index contributed by atoms with van der Waals surface area (Å²) in [4.78, 5) is 16.7. The highest BCUT2D eigenvalue weighted by Gasteiger charge is 2.19. The van der Waals surface area contributed by atoms with Crippen LogP contribution in [0.3, 0.4) is 0 Å². The van der Waals surface area contributed by atoms with Crippen LogP contribution in [-0.2, 0) is 11.3 Å². The first-order chi connectivity index (χ1) is 12.5. The Morgan fingerprint density at radius 1 is 0.962 bits per heavy atom. The van der Waals surface area contributed by atoms with E-state index in [9.17, 15) is 9.18 Å². The van der Waals surface area contributed by atoms with Gasteiger partial charge in [-0.1, -0.05) is 29.3 Å². The molecule has 0 bridgehead atoms. The molecule has 1 saturated heterocycles. The van der Waals surface area contributed by atoms with Crippen LogP contribution in [0.5, 0.6) is 0 Å². The number of nitrogens with zero attached hydrogens (tertiary/aromatic N) is 2. The number of carbonyl (C=O) groups excluding carboxylic acids is 1. The molecule has 0 saturated carbocycles. The van der Waals surface area contributed by atoms with Crippen molar-refractivity contribution in [3.05, 3.63) is 65.0 Å². The van der Waals surface area contributed by atoms with Crippen molar-refractivity contribution in [1.29, 1.82) is 0 Å². The van der Waals surface area contributed by atoms with Crippen LogP contribution in [0.25, 0.3) is 0 Å². The van der Waals surface area contributed by atoms with Crippen LogP contribution in [-0.4, -0.2) is 48.4 Å². The van der Waals surface area contributed by atoms with Crippen molar-refractivity contribution in [3.63, 3.8) is 0 Å². The molecule has 4 nitrogen and oxygen atoms in total. The molecule has 0 unspecified atom stereocenters. The van der Waals surface area contributed by atoms with Crippen molar-refractivity contribution in [2.45, 2.75) is 20.4 Å². The van der Waals surface area contributed by atoms with Gasteiger partial charge in [-0.05, 0) is 43.7 Å². The quantitative estimate of drug-likeness (QED) is 0.895. The average molecular weight is 355 g/mol. The highest BCUT2D eigenvalue weighted by atomic mass is 19.1. The Hall–Kier alpha value is -2.24. The lowest BCUT2D eigenvalue weighted by molar-refractivity contribution is -0.117. The predicted octanol–water partition coefficient (Wildman–Crippen LogP) is 3.20. The van der Waals surface area contributed by atoms with Gasteiger partial charge in [0.05, 0.1) is 6.54 Å². The molecule has 0 atom stereocenters. The Bertz CT molecular complexity index is 732. The summed E-state index contributed by atoms with van der Waals surface area (Å²) in [5, 5.41) is 2.82. The second-order valence-electron chi connectivity index (χ2n) is 7.10. The van der Waals surface area contributed by atoms with Gasteiger partial charge in [-0.25, -0.2) is 4.39 Å². The maximum atomic E-state index is 12.9. The summed E-state index contributed by atoms with van der Waals surface area (Å²) in [5.41, 5.74) is 4.59. The molecule has 2 aromatic rings. The van der Waals surface area contributed by atoms with E-state index in [0.29, 0.717) is 12.2 Å². The smallest absolute Gasteiger partial charge is 0.238 e. The standard InChI is InChI=1S/C21H26FN3O/c1-16-11-17(2)13-18(12-16)14-24-7-9-25(10-8-24)15-21(26)23-20-5-3-19(22)4-6-20/h3-6,11-13H,7-10,14-15H2,1-2H3,(H,23,26). The van der Waals surface area contributed by atoms with E-state index in [1.807, 2.05) is 0 Å². The van der Waals surface area contributed by atoms with Crippen molar-refractivity contribution >= 4 is 11.6 Å². The first-order valence-corrected chi connectivity index (χ1v) is 9.05. The van der Waals surface area contributed by atoms with Crippen molar-refractivity contribution in [1.82, 2.24) is 9.80 Å². The predicted molar refractivity (Wildman–Crippen MR) is 103 cm³/mol. The Morgan fingerprint density at radius 3 is 2.15 bits per heavy atom. The number of piperazine rings is 1. The number of halogens is 1. The number of amides is 1. The van der Waals surface area contributed by atoms with E-state index in [1.54, 1.807) is 12.1 Å². The van der Waals surface area contributed by atoms with Gasteiger partial charge < -0.3 is 5.32 Å². The van der Waals surface area contributed by atoms with Crippen molar-refractivity contribution in [2.75, 3.05) is 38.0 Å². The Balaban J connectivity index is 1.44. The fourth-order valence-corrected chi connectivity index (χ4v) is 3.46. The molecular weight excluding hydrogens is 329 g/mol. The third-order valence-electron chi connectivity index (χ3n) is 4.65. The summed E-state index contributed by atoms with van der Waals surface area (Å²) in [7, 11) is 0. The summed E-state index contributed by atoms with van der Waals surface area (Å²) in [6.45, 7) is 9.26. The largest absolute Gasteiger partial charge is 0.325 e. The normalized spacial score (nSPS) is 15.8. The number of carbonyl (C=O) groups is 1. The van der Waals surface area contributed by atoms with Crippen molar-refractivity contribution in [2.24, 2.45) is 0 Å². The van der Waals surface area contributed by atoms with E-state index in [0.717, 1.165) is 32.7 Å². The SMILES string of the molecule is Cc1cc(C)cc(CN2CCN(CC(=O)Nc3ccc(F)cc3)CC2)c1. The third kappa shape index (κ3) is 5.38. The van der Waals surface area contributed by atoms with Gasteiger partial charge in [-0.2, -0.15) is 0 Å². The zero-order valence-electron chi connectivity index (χ0n) is 15.5. The molecule has 0 radical (unpaired) electrons. The molecule has 1 aliphatic heterocycles. The van der Waals surface area contributed by atoms with Crippen LogP contribution in [0.1, 0.15) is 16.7 Å². The van der Waals surface area contributed by atoms with E-state index >= 15 is 0 Å². The van der Waals surface area contributed by atoms with Crippen molar-refractivity contribution < 1.29 is 9.18 Å². The molecule has 1 N–H and O–H groups in total. The molecule has 1 heterocycles. The van der Waals surface area contributed by atoms with E-state index < -0.39 is 0 Å².